The predicted molar refractivity (Wildman–Crippen MR) is 85.0 cm³/mol. The Morgan fingerprint density at radius 3 is 2.71 bits per heavy atom. The molecule has 6 heteroatoms. The van der Waals surface area contributed by atoms with Gasteiger partial charge in [-0.25, -0.2) is 4.98 Å². The Morgan fingerprint density at radius 1 is 1.38 bits per heavy atom. The lowest BCUT2D eigenvalue weighted by atomic mass is 10.2. The molecule has 1 N–H and O–H groups in total. The van der Waals surface area contributed by atoms with E-state index in [4.69, 9.17) is 4.74 Å². The summed E-state index contributed by atoms with van der Waals surface area (Å²) in [7, 11) is 5.28. The van der Waals surface area contributed by atoms with Gasteiger partial charge in [0.1, 0.15) is 16.5 Å². The molecule has 112 valence electrons. The smallest absolute Gasteiger partial charge is 0.273 e. The maximum Gasteiger partial charge on any atom is 0.273 e. The number of benzene rings is 1. The van der Waals surface area contributed by atoms with Crippen molar-refractivity contribution in [3.63, 3.8) is 0 Å². The van der Waals surface area contributed by atoms with E-state index < -0.39 is 0 Å². The normalized spacial score (nSPS) is 10.4. The number of amides is 1. The van der Waals surface area contributed by atoms with Gasteiger partial charge in [-0.3, -0.25) is 4.79 Å². The first-order chi connectivity index (χ1) is 10.2. The van der Waals surface area contributed by atoms with Gasteiger partial charge in [-0.15, -0.1) is 11.3 Å². The van der Waals surface area contributed by atoms with Crippen molar-refractivity contribution < 1.29 is 9.53 Å². The van der Waals surface area contributed by atoms with E-state index in [9.17, 15) is 4.79 Å². The lowest BCUT2D eigenvalue weighted by Crippen LogP contribution is -2.32. The van der Waals surface area contributed by atoms with Crippen LogP contribution in [0.25, 0.3) is 10.6 Å². The summed E-state index contributed by atoms with van der Waals surface area (Å²) < 4.78 is 5.13. The van der Waals surface area contributed by atoms with Crippen molar-refractivity contribution in [2.45, 2.75) is 0 Å². The molecule has 2 rings (SSSR count). The Morgan fingerprint density at radius 2 is 2.10 bits per heavy atom. The van der Waals surface area contributed by atoms with Crippen molar-refractivity contribution in [3.8, 4) is 16.3 Å². The summed E-state index contributed by atoms with van der Waals surface area (Å²) in [5.41, 5.74) is 1.47. The summed E-state index contributed by atoms with van der Waals surface area (Å²) in [6.45, 7) is 1.42. The third kappa shape index (κ3) is 3.80. The lowest BCUT2D eigenvalue weighted by molar-refractivity contribution is 0.0792. The van der Waals surface area contributed by atoms with Crippen molar-refractivity contribution >= 4 is 17.2 Å². The van der Waals surface area contributed by atoms with Crippen LogP contribution in [0.2, 0.25) is 0 Å². The number of rotatable bonds is 6. The first kappa shape index (κ1) is 15.5. The molecule has 0 atom stereocenters. The maximum absolute atomic E-state index is 12.2. The van der Waals surface area contributed by atoms with Gasteiger partial charge in [-0.1, -0.05) is 0 Å². The van der Waals surface area contributed by atoms with Crippen LogP contribution in [-0.4, -0.2) is 50.1 Å². The zero-order valence-electron chi connectivity index (χ0n) is 12.4. The molecule has 21 heavy (non-hydrogen) atoms. The molecule has 0 fully saturated rings. The van der Waals surface area contributed by atoms with E-state index >= 15 is 0 Å². The van der Waals surface area contributed by atoms with Crippen molar-refractivity contribution in [2.75, 3.05) is 34.3 Å². The number of hydrogen-bond donors (Lipinski definition) is 1. The van der Waals surface area contributed by atoms with Gasteiger partial charge in [-0.05, 0) is 31.3 Å². The molecule has 5 nitrogen and oxygen atoms in total. The maximum atomic E-state index is 12.2. The van der Waals surface area contributed by atoms with Crippen LogP contribution in [0, 0.1) is 0 Å². The number of nitrogens with one attached hydrogen (secondary N) is 1. The van der Waals surface area contributed by atoms with Crippen LogP contribution < -0.4 is 10.1 Å². The molecule has 0 unspecified atom stereocenters. The van der Waals surface area contributed by atoms with Gasteiger partial charge < -0.3 is 15.0 Å². The number of methoxy groups -OCH3 is 1. The van der Waals surface area contributed by atoms with Crippen LogP contribution in [0.5, 0.6) is 5.75 Å². The Bertz CT molecular complexity index is 595. The van der Waals surface area contributed by atoms with Crippen LogP contribution in [-0.2, 0) is 0 Å². The summed E-state index contributed by atoms with van der Waals surface area (Å²) >= 11 is 1.47. The summed E-state index contributed by atoms with van der Waals surface area (Å²) in [5.74, 6) is 0.750. The lowest BCUT2D eigenvalue weighted by Gasteiger charge is -2.15. The van der Waals surface area contributed by atoms with Crippen LogP contribution in [0.15, 0.2) is 29.6 Å². The van der Waals surface area contributed by atoms with Gasteiger partial charge in [0.15, 0.2) is 0 Å². The number of carbonyl (C=O) groups is 1. The van der Waals surface area contributed by atoms with Gasteiger partial charge in [0.25, 0.3) is 5.91 Å². The molecule has 0 spiro atoms. The van der Waals surface area contributed by atoms with Crippen molar-refractivity contribution in [3.05, 3.63) is 35.3 Å². The molecular weight excluding hydrogens is 286 g/mol. The molecule has 0 saturated heterocycles. The van der Waals surface area contributed by atoms with Crippen LogP contribution >= 0.6 is 11.3 Å². The monoisotopic (exact) mass is 305 g/mol. The van der Waals surface area contributed by atoms with Crippen LogP contribution in [0.3, 0.4) is 0 Å². The van der Waals surface area contributed by atoms with E-state index in [2.05, 4.69) is 10.3 Å². The highest BCUT2D eigenvalue weighted by Gasteiger charge is 2.15. The third-order valence-corrected chi connectivity index (χ3v) is 4.00. The second kappa shape index (κ2) is 7.19. The first-order valence-corrected chi connectivity index (χ1v) is 7.53. The Labute approximate surface area is 128 Å². The highest BCUT2D eigenvalue weighted by atomic mass is 32.1. The van der Waals surface area contributed by atoms with Gasteiger partial charge in [-0.2, -0.15) is 0 Å². The van der Waals surface area contributed by atoms with Gasteiger partial charge in [0.2, 0.25) is 0 Å². The predicted octanol–water partition coefficient (Wildman–Crippen LogP) is 2.11. The molecule has 1 amide bonds. The molecular formula is C15H19N3O2S. The number of ether oxygens (including phenoxy) is 1. The van der Waals surface area contributed by atoms with Crippen LogP contribution in [0.4, 0.5) is 0 Å². The van der Waals surface area contributed by atoms with E-state index in [1.54, 1.807) is 24.4 Å². The molecule has 1 heterocycles. The highest BCUT2D eigenvalue weighted by molar-refractivity contribution is 7.13. The minimum absolute atomic E-state index is 0.0544. The molecule has 2 aromatic rings. The molecule has 0 radical (unpaired) electrons. The second-order valence-corrected chi connectivity index (χ2v) is 5.45. The first-order valence-electron chi connectivity index (χ1n) is 6.65. The van der Waals surface area contributed by atoms with Crippen molar-refractivity contribution in [1.82, 2.24) is 15.2 Å². The van der Waals surface area contributed by atoms with E-state index in [0.717, 1.165) is 22.9 Å². The van der Waals surface area contributed by atoms with E-state index in [-0.39, 0.29) is 5.91 Å². The average molecular weight is 305 g/mol. The zero-order valence-corrected chi connectivity index (χ0v) is 13.2. The number of thiazole rings is 1. The van der Waals surface area contributed by atoms with E-state index in [0.29, 0.717) is 12.2 Å². The molecule has 0 aliphatic heterocycles. The van der Waals surface area contributed by atoms with E-state index in [1.807, 2.05) is 31.3 Å². The molecule has 0 bridgehead atoms. The summed E-state index contributed by atoms with van der Waals surface area (Å²) in [6, 6.07) is 7.65. The van der Waals surface area contributed by atoms with Gasteiger partial charge in [0.05, 0.1) is 7.11 Å². The number of nitrogens with zero attached hydrogens (tertiary/aromatic N) is 2. The largest absolute Gasteiger partial charge is 0.497 e. The molecule has 0 saturated carbocycles. The fourth-order valence-electron chi connectivity index (χ4n) is 1.81. The quantitative estimate of drug-likeness (QED) is 0.888. The molecule has 1 aromatic carbocycles. The highest BCUT2D eigenvalue weighted by Crippen LogP contribution is 2.26. The second-order valence-electron chi connectivity index (χ2n) is 4.60. The zero-order chi connectivity index (χ0) is 15.2. The average Bonchev–Trinajstić information content (AvgIpc) is 3.01. The minimum Gasteiger partial charge on any atom is -0.497 e. The van der Waals surface area contributed by atoms with Crippen molar-refractivity contribution in [1.29, 1.82) is 0 Å². The molecule has 1 aromatic heterocycles. The molecule has 0 aliphatic rings. The van der Waals surface area contributed by atoms with Gasteiger partial charge >= 0.3 is 0 Å². The number of likely N-dealkylation sites (N-methyl/N-ethyl adjacent to an activating group) is 2. The summed E-state index contributed by atoms with van der Waals surface area (Å²) in [4.78, 5) is 18.3. The fourth-order valence-corrected chi connectivity index (χ4v) is 2.61. The fraction of sp³-hybridized carbons (Fsp3) is 0.333. The van der Waals surface area contributed by atoms with Crippen LogP contribution in [0.1, 0.15) is 10.5 Å². The Hall–Kier alpha value is -1.92. The van der Waals surface area contributed by atoms with E-state index in [1.165, 1.54) is 11.3 Å². The van der Waals surface area contributed by atoms with Crippen molar-refractivity contribution in [2.24, 2.45) is 0 Å². The number of aromatic nitrogens is 1. The summed E-state index contributed by atoms with van der Waals surface area (Å²) in [5, 5.41) is 5.66. The summed E-state index contributed by atoms with van der Waals surface area (Å²) in [6.07, 6.45) is 0. The number of carbonyl (C=O) groups excluding carboxylic acids is 1. The van der Waals surface area contributed by atoms with Gasteiger partial charge in [0, 0.05) is 31.1 Å². The molecule has 0 aliphatic carbocycles. The topological polar surface area (TPSA) is 54.5 Å². The SMILES string of the molecule is CNCCN(C)C(=O)c1csc(-c2ccc(OC)cc2)n1. The number of hydrogen-bond acceptors (Lipinski definition) is 5. The Kier molecular flexibility index (Phi) is 5.30. The standard InChI is InChI=1S/C15H19N3O2S/c1-16-8-9-18(2)15(19)13-10-21-14(17-13)11-4-6-12(20-3)7-5-11/h4-7,10,16H,8-9H2,1-3H3. The third-order valence-electron chi connectivity index (χ3n) is 3.10. The Balaban J connectivity index is 2.11. The minimum atomic E-state index is -0.0544.